The number of nitrogens with two attached hydrogens (primary N) is 1. The van der Waals surface area contributed by atoms with Gasteiger partial charge in [-0.3, -0.25) is 19.2 Å². The zero-order chi connectivity index (χ0) is 32.7. The van der Waals surface area contributed by atoms with Crippen molar-refractivity contribution in [2.75, 3.05) is 0 Å². The monoisotopic (exact) mass is 618 g/mol. The molecule has 4 aromatic rings. The van der Waals surface area contributed by atoms with Gasteiger partial charge in [-0.1, -0.05) is 50.2 Å². The second-order valence-corrected chi connectivity index (χ2v) is 11.4. The maximum absolute atomic E-state index is 13.7. The zero-order valence-electron chi connectivity index (χ0n) is 25.0. The smallest absolute Gasteiger partial charge is 0.326 e. The lowest BCUT2D eigenvalue weighted by molar-refractivity contribution is -0.143. The number of nitrogens with one attached hydrogen (secondary N) is 5. The Balaban J connectivity index is 1.56. The number of carboxylic acid groups (broad SMARTS) is 2. The summed E-state index contributed by atoms with van der Waals surface area (Å²) >= 11 is 0. The predicted octanol–water partition coefficient (Wildman–Crippen LogP) is 1.82. The molecule has 0 fully saturated rings. The van der Waals surface area contributed by atoms with Crippen LogP contribution < -0.4 is 21.7 Å². The van der Waals surface area contributed by atoms with Gasteiger partial charge in [-0.25, -0.2) is 4.79 Å². The Morgan fingerprint density at radius 2 is 1.18 bits per heavy atom. The SMILES string of the molecule is CC(C)C(N)C(=O)NC(Cc1c[nH]c2ccccc12)C(=O)NC(CCC(=O)O)C(=O)NC(Cc1c[nH]c2ccccc12)C(=O)O. The van der Waals surface area contributed by atoms with E-state index in [0.717, 1.165) is 27.4 Å². The number of carbonyl (C=O) groups is 5. The number of carbonyl (C=O) groups excluding carboxylic acids is 3. The molecular formula is C32H38N6O7. The predicted molar refractivity (Wildman–Crippen MR) is 167 cm³/mol. The maximum atomic E-state index is 13.7. The molecule has 0 saturated heterocycles. The third kappa shape index (κ3) is 8.26. The first-order valence-corrected chi connectivity index (χ1v) is 14.7. The highest BCUT2D eigenvalue weighted by Gasteiger charge is 2.32. The highest BCUT2D eigenvalue weighted by molar-refractivity contribution is 5.95. The molecule has 0 aliphatic carbocycles. The van der Waals surface area contributed by atoms with Crippen molar-refractivity contribution >= 4 is 51.5 Å². The van der Waals surface area contributed by atoms with E-state index in [1.165, 1.54) is 0 Å². The van der Waals surface area contributed by atoms with E-state index in [9.17, 15) is 34.2 Å². The summed E-state index contributed by atoms with van der Waals surface area (Å²) in [4.78, 5) is 69.8. The van der Waals surface area contributed by atoms with Crippen LogP contribution in [0.3, 0.4) is 0 Å². The third-order valence-corrected chi connectivity index (χ3v) is 7.75. The van der Waals surface area contributed by atoms with E-state index in [1.54, 1.807) is 26.2 Å². The van der Waals surface area contributed by atoms with Crippen molar-refractivity contribution in [2.45, 2.75) is 63.7 Å². The van der Waals surface area contributed by atoms with Crippen molar-refractivity contribution in [1.29, 1.82) is 0 Å². The van der Waals surface area contributed by atoms with Crippen LogP contribution >= 0.6 is 0 Å². The van der Waals surface area contributed by atoms with Gasteiger partial charge in [0, 0.05) is 53.5 Å². The molecule has 3 amide bonds. The minimum absolute atomic E-state index is 0.0397. The number of H-pyrrole nitrogens is 2. The molecule has 45 heavy (non-hydrogen) atoms. The second-order valence-electron chi connectivity index (χ2n) is 11.4. The number of carboxylic acids is 2. The van der Waals surface area contributed by atoms with Crippen molar-refractivity contribution < 1.29 is 34.2 Å². The van der Waals surface area contributed by atoms with E-state index in [0.29, 0.717) is 5.56 Å². The number of benzene rings is 2. The second kappa shape index (κ2) is 14.5. The van der Waals surface area contributed by atoms with Gasteiger partial charge in [-0.2, -0.15) is 0 Å². The molecule has 2 aromatic carbocycles. The maximum Gasteiger partial charge on any atom is 0.326 e. The molecule has 0 saturated carbocycles. The van der Waals surface area contributed by atoms with Crippen LogP contribution in [0.15, 0.2) is 60.9 Å². The fourth-order valence-corrected chi connectivity index (χ4v) is 5.10. The Kier molecular flexibility index (Phi) is 10.6. The molecule has 13 heteroatoms. The largest absolute Gasteiger partial charge is 0.481 e. The van der Waals surface area contributed by atoms with Crippen molar-refractivity contribution in [1.82, 2.24) is 25.9 Å². The number of rotatable bonds is 15. The van der Waals surface area contributed by atoms with Crippen LogP contribution in [0.2, 0.25) is 0 Å². The van der Waals surface area contributed by atoms with E-state index < -0.39 is 60.2 Å². The summed E-state index contributed by atoms with van der Waals surface area (Å²) in [6, 6.07) is 9.86. The molecule has 0 radical (unpaired) electrons. The average molecular weight is 619 g/mol. The van der Waals surface area contributed by atoms with Crippen LogP contribution in [0.25, 0.3) is 21.8 Å². The molecule has 4 atom stereocenters. The van der Waals surface area contributed by atoms with E-state index in [1.807, 2.05) is 48.5 Å². The van der Waals surface area contributed by atoms with E-state index >= 15 is 0 Å². The van der Waals surface area contributed by atoms with Gasteiger partial charge in [0.1, 0.15) is 18.1 Å². The summed E-state index contributed by atoms with van der Waals surface area (Å²) in [6.07, 6.45) is 2.57. The van der Waals surface area contributed by atoms with E-state index in [4.69, 9.17) is 5.73 Å². The van der Waals surface area contributed by atoms with Crippen LogP contribution in [-0.4, -0.2) is 74.0 Å². The molecule has 4 rings (SSSR count). The lowest BCUT2D eigenvalue weighted by Crippen LogP contribution is -2.58. The van der Waals surface area contributed by atoms with Crippen LogP contribution in [-0.2, 0) is 36.8 Å². The van der Waals surface area contributed by atoms with Gasteiger partial charge in [0.15, 0.2) is 0 Å². The number of aromatic nitrogens is 2. The Bertz CT molecular complexity index is 1690. The van der Waals surface area contributed by atoms with Crippen LogP contribution in [0.1, 0.15) is 37.8 Å². The zero-order valence-corrected chi connectivity index (χ0v) is 25.0. The number of aromatic amines is 2. The molecule has 9 N–H and O–H groups in total. The Morgan fingerprint density at radius 1 is 0.711 bits per heavy atom. The van der Waals surface area contributed by atoms with Crippen LogP contribution in [0, 0.1) is 5.92 Å². The van der Waals surface area contributed by atoms with Crippen molar-refractivity contribution in [2.24, 2.45) is 11.7 Å². The quantitative estimate of drug-likeness (QED) is 0.0980. The first-order valence-electron chi connectivity index (χ1n) is 14.7. The number of hydrogen-bond acceptors (Lipinski definition) is 6. The van der Waals surface area contributed by atoms with Gasteiger partial charge in [0.2, 0.25) is 17.7 Å². The number of aliphatic carboxylic acids is 2. The molecule has 0 spiro atoms. The first kappa shape index (κ1) is 32.7. The molecule has 0 aliphatic heterocycles. The standard InChI is InChI=1S/C32H38N6O7/c1-17(2)28(33)31(43)37-25(13-18-15-34-22-9-5-3-7-20(18)22)30(42)36-24(11-12-27(39)40)29(41)38-26(32(44)45)14-19-16-35-23-10-6-4-8-21(19)23/h3-10,15-17,24-26,28,34-35H,11-14,33H2,1-2H3,(H,36,42)(H,37,43)(H,38,41)(H,39,40)(H,44,45). The normalized spacial score (nSPS) is 14.0. The Morgan fingerprint density at radius 3 is 1.69 bits per heavy atom. The number of hydrogen-bond donors (Lipinski definition) is 8. The van der Waals surface area contributed by atoms with E-state index in [-0.39, 0.29) is 25.2 Å². The summed E-state index contributed by atoms with van der Waals surface area (Å²) in [6.45, 7) is 3.53. The van der Waals surface area contributed by atoms with Crippen molar-refractivity contribution in [3.05, 3.63) is 72.1 Å². The van der Waals surface area contributed by atoms with Crippen molar-refractivity contribution in [3.8, 4) is 0 Å². The van der Waals surface area contributed by atoms with Gasteiger partial charge in [0.25, 0.3) is 0 Å². The average Bonchev–Trinajstić information content (AvgIpc) is 3.61. The highest BCUT2D eigenvalue weighted by atomic mass is 16.4. The Hall–Kier alpha value is -5.17. The van der Waals surface area contributed by atoms with Gasteiger partial charge >= 0.3 is 11.9 Å². The molecule has 2 aromatic heterocycles. The number of fused-ring (bicyclic) bond motifs is 2. The lowest BCUT2D eigenvalue weighted by Gasteiger charge is -2.25. The van der Waals surface area contributed by atoms with Gasteiger partial charge < -0.3 is 41.9 Å². The third-order valence-electron chi connectivity index (χ3n) is 7.75. The number of para-hydroxylation sites is 2. The van der Waals surface area contributed by atoms with E-state index in [2.05, 4.69) is 25.9 Å². The molecule has 4 unspecified atom stereocenters. The van der Waals surface area contributed by atoms with Gasteiger partial charge in [-0.15, -0.1) is 0 Å². The summed E-state index contributed by atoms with van der Waals surface area (Å²) in [5.41, 5.74) is 9.05. The van der Waals surface area contributed by atoms with Crippen LogP contribution in [0.4, 0.5) is 0 Å². The lowest BCUT2D eigenvalue weighted by atomic mass is 10.0. The molecule has 238 valence electrons. The fraction of sp³-hybridized carbons (Fsp3) is 0.344. The minimum atomic E-state index is -1.40. The molecule has 2 heterocycles. The fourth-order valence-electron chi connectivity index (χ4n) is 5.10. The summed E-state index contributed by atoms with van der Waals surface area (Å²) in [7, 11) is 0. The molecular weight excluding hydrogens is 580 g/mol. The topological polar surface area (TPSA) is 219 Å². The van der Waals surface area contributed by atoms with Crippen molar-refractivity contribution in [3.63, 3.8) is 0 Å². The summed E-state index contributed by atoms with van der Waals surface area (Å²) in [5.74, 6) is -4.92. The van der Waals surface area contributed by atoms with Gasteiger partial charge in [-0.05, 0) is 35.6 Å². The Labute approximate surface area is 258 Å². The molecule has 0 aliphatic rings. The molecule has 13 nitrogen and oxygen atoms in total. The number of amides is 3. The summed E-state index contributed by atoms with van der Waals surface area (Å²) in [5, 5.41) is 28.6. The highest BCUT2D eigenvalue weighted by Crippen LogP contribution is 2.21. The molecule has 0 bridgehead atoms. The van der Waals surface area contributed by atoms with Gasteiger partial charge in [0.05, 0.1) is 6.04 Å². The van der Waals surface area contributed by atoms with Crippen LogP contribution in [0.5, 0.6) is 0 Å². The first-order chi connectivity index (χ1) is 21.4. The minimum Gasteiger partial charge on any atom is -0.481 e. The summed E-state index contributed by atoms with van der Waals surface area (Å²) < 4.78 is 0.